The molecule has 0 atom stereocenters. The zero-order valence-electron chi connectivity index (χ0n) is 17.1. The molecule has 1 aliphatic rings. The average Bonchev–Trinajstić information content (AvgIpc) is 3.22. The van der Waals surface area contributed by atoms with Crippen LogP contribution in [0.2, 0.25) is 0 Å². The van der Waals surface area contributed by atoms with E-state index in [1.165, 1.54) is 16.9 Å². The maximum Gasteiger partial charge on any atom is 0.286 e. The molecule has 3 aromatic rings. The van der Waals surface area contributed by atoms with Crippen molar-refractivity contribution in [3.05, 3.63) is 63.6 Å². The van der Waals surface area contributed by atoms with Gasteiger partial charge in [-0.15, -0.1) is 10.2 Å². The van der Waals surface area contributed by atoms with E-state index in [2.05, 4.69) is 27.3 Å². The number of benzene rings is 2. The summed E-state index contributed by atoms with van der Waals surface area (Å²) in [6.45, 7) is 4.58. The van der Waals surface area contributed by atoms with Gasteiger partial charge in [-0.3, -0.25) is 9.69 Å². The standard InChI is InChI=1S/C22H24N4O3S/c1-3-15-4-7-17(8-5-15)23-21(27)22-25-24-20(30-22)14-26(2)13-16-6-9-18-19(12-16)29-11-10-28-18/h4-9,12H,3,10-11,13-14H2,1-2H3,(H,23,27). The molecule has 2 heterocycles. The Morgan fingerprint density at radius 2 is 1.77 bits per heavy atom. The lowest BCUT2D eigenvalue weighted by Gasteiger charge is -2.20. The Morgan fingerprint density at radius 1 is 1.03 bits per heavy atom. The third-order valence-corrected chi connectivity index (χ3v) is 5.65. The number of carbonyl (C=O) groups excluding carboxylic acids is 1. The fraction of sp³-hybridized carbons (Fsp3) is 0.318. The number of rotatable bonds is 7. The van der Waals surface area contributed by atoms with Crippen LogP contribution in [0.3, 0.4) is 0 Å². The molecule has 0 radical (unpaired) electrons. The van der Waals surface area contributed by atoms with Crippen molar-refractivity contribution in [2.45, 2.75) is 26.4 Å². The lowest BCUT2D eigenvalue weighted by molar-refractivity contribution is 0.102. The summed E-state index contributed by atoms with van der Waals surface area (Å²) < 4.78 is 11.2. The normalized spacial score (nSPS) is 12.8. The molecule has 1 aromatic heterocycles. The minimum atomic E-state index is -0.238. The molecular formula is C22H24N4O3S. The van der Waals surface area contributed by atoms with Crippen molar-refractivity contribution in [3.63, 3.8) is 0 Å². The van der Waals surface area contributed by atoms with E-state index in [0.29, 0.717) is 24.8 Å². The van der Waals surface area contributed by atoms with Crippen molar-refractivity contribution in [1.29, 1.82) is 0 Å². The van der Waals surface area contributed by atoms with Gasteiger partial charge in [0.15, 0.2) is 11.5 Å². The van der Waals surface area contributed by atoms with Gasteiger partial charge in [-0.05, 0) is 48.9 Å². The van der Waals surface area contributed by atoms with E-state index < -0.39 is 0 Å². The van der Waals surface area contributed by atoms with Crippen molar-refractivity contribution in [3.8, 4) is 11.5 Å². The number of anilines is 1. The molecule has 1 N–H and O–H groups in total. The molecular weight excluding hydrogens is 400 g/mol. The molecule has 1 aliphatic heterocycles. The zero-order chi connectivity index (χ0) is 20.9. The first-order valence-electron chi connectivity index (χ1n) is 9.90. The summed E-state index contributed by atoms with van der Waals surface area (Å²) >= 11 is 1.31. The van der Waals surface area contributed by atoms with E-state index in [-0.39, 0.29) is 5.91 Å². The number of hydrogen-bond acceptors (Lipinski definition) is 7. The van der Waals surface area contributed by atoms with Crippen LogP contribution in [0.25, 0.3) is 0 Å². The number of hydrogen-bond donors (Lipinski definition) is 1. The third-order valence-electron chi connectivity index (χ3n) is 4.75. The second kappa shape index (κ2) is 9.23. The van der Waals surface area contributed by atoms with E-state index in [4.69, 9.17) is 9.47 Å². The predicted molar refractivity (Wildman–Crippen MR) is 116 cm³/mol. The largest absolute Gasteiger partial charge is 0.486 e. The minimum Gasteiger partial charge on any atom is -0.486 e. The number of aromatic nitrogens is 2. The highest BCUT2D eigenvalue weighted by Crippen LogP contribution is 2.31. The highest BCUT2D eigenvalue weighted by Gasteiger charge is 2.16. The van der Waals surface area contributed by atoms with Gasteiger partial charge in [-0.2, -0.15) is 0 Å². The molecule has 7 nitrogen and oxygen atoms in total. The number of nitrogens with zero attached hydrogens (tertiary/aromatic N) is 3. The van der Waals surface area contributed by atoms with Crippen LogP contribution in [0.15, 0.2) is 42.5 Å². The first kappa shape index (κ1) is 20.3. The zero-order valence-corrected chi connectivity index (χ0v) is 17.9. The lowest BCUT2D eigenvalue weighted by atomic mass is 10.1. The van der Waals surface area contributed by atoms with Crippen LogP contribution in [0.4, 0.5) is 5.69 Å². The van der Waals surface area contributed by atoms with Gasteiger partial charge < -0.3 is 14.8 Å². The van der Waals surface area contributed by atoms with Crippen LogP contribution >= 0.6 is 11.3 Å². The SMILES string of the molecule is CCc1ccc(NC(=O)c2nnc(CN(C)Cc3ccc4c(c3)OCCO4)s2)cc1. The predicted octanol–water partition coefficient (Wildman–Crippen LogP) is 3.76. The molecule has 8 heteroatoms. The van der Waals surface area contributed by atoms with Crippen molar-refractivity contribution in [2.75, 3.05) is 25.6 Å². The Labute approximate surface area is 179 Å². The Morgan fingerprint density at radius 3 is 2.53 bits per heavy atom. The Balaban J connectivity index is 1.33. The van der Waals surface area contributed by atoms with Gasteiger partial charge in [-0.25, -0.2) is 0 Å². The first-order valence-corrected chi connectivity index (χ1v) is 10.7. The van der Waals surface area contributed by atoms with Crippen LogP contribution in [0, 0.1) is 0 Å². The van der Waals surface area contributed by atoms with E-state index >= 15 is 0 Å². The summed E-state index contributed by atoms with van der Waals surface area (Å²) in [7, 11) is 2.01. The van der Waals surface area contributed by atoms with E-state index in [9.17, 15) is 4.79 Å². The molecule has 0 unspecified atom stereocenters. The fourth-order valence-electron chi connectivity index (χ4n) is 3.20. The topological polar surface area (TPSA) is 76.6 Å². The highest BCUT2D eigenvalue weighted by atomic mass is 32.1. The molecule has 156 valence electrons. The maximum absolute atomic E-state index is 12.5. The van der Waals surface area contributed by atoms with Gasteiger partial charge in [0, 0.05) is 12.2 Å². The van der Waals surface area contributed by atoms with Crippen molar-refractivity contribution in [1.82, 2.24) is 15.1 Å². The second-order valence-electron chi connectivity index (χ2n) is 7.16. The van der Waals surface area contributed by atoms with Crippen LogP contribution in [0.1, 0.15) is 32.9 Å². The van der Waals surface area contributed by atoms with Crippen molar-refractivity contribution < 1.29 is 14.3 Å². The fourth-order valence-corrected chi connectivity index (χ4v) is 4.02. The Hall–Kier alpha value is -2.97. The van der Waals surface area contributed by atoms with Crippen LogP contribution in [0.5, 0.6) is 11.5 Å². The Bertz CT molecular complexity index is 1020. The summed E-state index contributed by atoms with van der Waals surface area (Å²) in [4.78, 5) is 14.6. The molecule has 0 fully saturated rings. The quantitative estimate of drug-likeness (QED) is 0.622. The molecule has 4 rings (SSSR count). The number of amides is 1. The molecule has 0 spiro atoms. The van der Waals surface area contributed by atoms with Crippen molar-refractivity contribution in [2.24, 2.45) is 0 Å². The summed E-state index contributed by atoms with van der Waals surface area (Å²) in [5.74, 6) is 1.34. The first-order chi connectivity index (χ1) is 14.6. The second-order valence-corrected chi connectivity index (χ2v) is 8.22. The van der Waals surface area contributed by atoms with E-state index in [1.807, 2.05) is 49.5 Å². The summed E-state index contributed by atoms with van der Waals surface area (Å²) in [5.41, 5.74) is 3.11. The summed E-state index contributed by atoms with van der Waals surface area (Å²) in [5, 5.41) is 12.3. The highest BCUT2D eigenvalue weighted by molar-refractivity contribution is 7.13. The molecule has 1 amide bonds. The van der Waals surface area contributed by atoms with Gasteiger partial charge in [0.2, 0.25) is 5.01 Å². The monoisotopic (exact) mass is 424 g/mol. The maximum atomic E-state index is 12.5. The van der Waals surface area contributed by atoms with Gasteiger partial charge in [-0.1, -0.05) is 36.5 Å². The number of nitrogens with one attached hydrogen (secondary N) is 1. The third kappa shape index (κ3) is 4.95. The van der Waals surface area contributed by atoms with Crippen LogP contribution in [-0.2, 0) is 19.5 Å². The molecule has 0 bridgehead atoms. The summed E-state index contributed by atoms with van der Waals surface area (Å²) in [6.07, 6.45) is 0.966. The molecule has 30 heavy (non-hydrogen) atoms. The number of ether oxygens (including phenoxy) is 2. The average molecular weight is 425 g/mol. The van der Waals surface area contributed by atoms with E-state index in [0.717, 1.165) is 40.7 Å². The number of aryl methyl sites for hydroxylation is 1. The molecule has 0 saturated heterocycles. The Kier molecular flexibility index (Phi) is 6.25. The number of carbonyl (C=O) groups is 1. The molecule has 0 aliphatic carbocycles. The van der Waals surface area contributed by atoms with Gasteiger partial charge in [0.1, 0.15) is 18.2 Å². The van der Waals surface area contributed by atoms with Gasteiger partial charge in [0.25, 0.3) is 5.91 Å². The van der Waals surface area contributed by atoms with Gasteiger partial charge >= 0.3 is 0 Å². The smallest absolute Gasteiger partial charge is 0.286 e. The van der Waals surface area contributed by atoms with Crippen LogP contribution < -0.4 is 14.8 Å². The minimum absolute atomic E-state index is 0.238. The molecule has 2 aromatic carbocycles. The van der Waals surface area contributed by atoms with Crippen LogP contribution in [-0.4, -0.2) is 41.3 Å². The summed E-state index contributed by atoms with van der Waals surface area (Å²) in [6, 6.07) is 13.8. The number of fused-ring (bicyclic) bond motifs is 1. The molecule has 0 saturated carbocycles. The lowest BCUT2D eigenvalue weighted by Crippen LogP contribution is -2.18. The van der Waals surface area contributed by atoms with Crippen molar-refractivity contribution >= 4 is 22.9 Å². The van der Waals surface area contributed by atoms with E-state index in [1.54, 1.807) is 0 Å². The van der Waals surface area contributed by atoms with Gasteiger partial charge in [0.05, 0.1) is 6.54 Å².